The number of anilines is 1. The monoisotopic (exact) mass is 493 g/mol. The number of hydrogen-bond donors (Lipinski definition) is 0. The molecule has 0 spiro atoms. The minimum atomic E-state index is -4.18. The van der Waals surface area contributed by atoms with Gasteiger partial charge in [-0.1, -0.05) is 29.3 Å². The topological polar surface area (TPSA) is 104 Å². The van der Waals surface area contributed by atoms with Crippen molar-refractivity contribution in [2.45, 2.75) is 11.5 Å². The zero-order valence-corrected chi connectivity index (χ0v) is 18.8. The van der Waals surface area contributed by atoms with Gasteiger partial charge in [-0.2, -0.15) is 0 Å². The fourth-order valence-corrected chi connectivity index (χ4v) is 4.78. The summed E-state index contributed by atoms with van der Waals surface area (Å²) >= 11 is 12.1. The third kappa shape index (κ3) is 5.18. The quantitative estimate of drug-likeness (QED) is 0.205. The van der Waals surface area contributed by atoms with E-state index in [1.807, 2.05) is 0 Å². The lowest BCUT2D eigenvalue weighted by atomic mass is 10.2. The van der Waals surface area contributed by atoms with Crippen molar-refractivity contribution < 1.29 is 22.7 Å². The lowest BCUT2D eigenvalue weighted by Crippen LogP contribution is -2.33. The van der Waals surface area contributed by atoms with Gasteiger partial charge in [0.25, 0.3) is 10.0 Å². The Morgan fingerprint density at radius 1 is 1.22 bits per heavy atom. The average Bonchev–Trinajstić information content (AvgIpc) is 2.77. The van der Waals surface area contributed by atoms with Crippen LogP contribution in [0.25, 0.3) is 0 Å². The standard InChI is InChI=1S/C21H17Cl2N3O5S/c1-2-11-26(17-7-5-16(22)6-8-17)32(29,30)19-13-15(4-9-18(19)23)21(27)31-14-20-24-10-3-12-25(20)28/h2-10,12-13H,1,11,14H2. The van der Waals surface area contributed by atoms with Crippen molar-refractivity contribution in [2.75, 3.05) is 10.8 Å². The highest BCUT2D eigenvalue weighted by Crippen LogP contribution is 2.30. The van der Waals surface area contributed by atoms with Gasteiger partial charge >= 0.3 is 11.8 Å². The van der Waals surface area contributed by atoms with E-state index in [1.54, 1.807) is 24.3 Å². The largest absolute Gasteiger partial charge is 0.711 e. The second-order valence-corrected chi connectivity index (χ2v) is 9.06. The zero-order valence-electron chi connectivity index (χ0n) is 16.5. The minimum absolute atomic E-state index is 0.0254. The van der Waals surface area contributed by atoms with Crippen LogP contribution in [-0.2, 0) is 21.4 Å². The fourth-order valence-electron chi connectivity index (χ4n) is 2.72. The smallest absolute Gasteiger partial charge is 0.339 e. The third-order valence-electron chi connectivity index (χ3n) is 4.26. The molecule has 0 radical (unpaired) electrons. The van der Waals surface area contributed by atoms with E-state index in [9.17, 15) is 18.4 Å². The Kier molecular flexibility index (Phi) is 7.34. The number of benzene rings is 2. The Morgan fingerprint density at radius 3 is 2.59 bits per heavy atom. The van der Waals surface area contributed by atoms with Gasteiger partial charge in [0.1, 0.15) is 11.1 Å². The molecule has 1 aromatic heterocycles. The van der Waals surface area contributed by atoms with Crippen molar-refractivity contribution in [1.29, 1.82) is 0 Å². The van der Waals surface area contributed by atoms with Crippen LogP contribution < -0.4 is 9.04 Å². The summed E-state index contributed by atoms with van der Waals surface area (Å²) in [5.41, 5.74) is 0.282. The summed E-state index contributed by atoms with van der Waals surface area (Å²) in [4.78, 5) is 16.0. The predicted molar refractivity (Wildman–Crippen MR) is 120 cm³/mol. The Labute approximate surface area is 194 Å². The highest BCUT2D eigenvalue weighted by molar-refractivity contribution is 7.93. The van der Waals surface area contributed by atoms with E-state index < -0.39 is 16.0 Å². The lowest BCUT2D eigenvalue weighted by Gasteiger charge is -2.24. The molecule has 0 amide bonds. The third-order valence-corrected chi connectivity index (χ3v) is 6.79. The van der Waals surface area contributed by atoms with Crippen LogP contribution in [0.1, 0.15) is 16.2 Å². The SMILES string of the molecule is C=CCN(c1ccc(Cl)cc1)S(=O)(=O)c1cc(C(=O)OCc2nccc[n+]2[O-])ccc1Cl. The molecule has 3 aromatic rings. The number of aromatic nitrogens is 2. The van der Waals surface area contributed by atoms with E-state index in [-0.39, 0.29) is 34.5 Å². The number of sulfonamides is 1. The normalized spacial score (nSPS) is 11.1. The van der Waals surface area contributed by atoms with Crippen molar-refractivity contribution in [1.82, 2.24) is 4.98 Å². The molecule has 1 heterocycles. The van der Waals surface area contributed by atoms with Gasteiger partial charge < -0.3 is 9.94 Å². The van der Waals surface area contributed by atoms with Crippen molar-refractivity contribution in [3.63, 3.8) is 0 Å². The molecule has 0 aliphatic carbocycles. The van der Waals surface area contributed by atoms with Crippen LogP contribution in [0.2, 0.25) is 10.0 Å². The lowest BCUT2D eigenvalue weighted by molar-refractivity contribution is -0.620. The highest BCUT2D eigenvalue weighted by atomic mass is 35.5. The first-order valence-corrected chi connectivity index (χ1v) is 11.3. The maximum Gasteiger partial charge on any atom is 0.339 e. The van der Waals surface area contributed by atoms with E-state index in [4.69, 9.17) is 27.9 Å². The molecule has 2 aromatic carbocycles. The second kappa shape index (κ2) is 9.99. The van der Waals surface area contributed by atoms with Crippen LogP contribution in [0, 0.1) is 5.21 Å². The zero-order chi connectivity index (χ0) is 23.3. The van der Waals surface area contributed by atoms with Gasteiger partial charge in [-0.25, -0.2) is 17.9 Å². The van der Waals surface area contributed by atoms with Gasteiger partial charge in [0.2, 0.25) is 0 Å². The first-order valence-electron chi connectivity index (χ1n) is 9.13. The number of carbonyl (C=O) groups excluding carboxylic acids is 1. The first kappa shape index (κ1) is 23.5. The van der Waals surface area contributed by atoms with Crippen molar-refractivity contribution in [3.8, 4) is 0 Å². The van der Waals surface area contributed by atoms with Gasteiger partial charge in [0.15, 0.2) is 6.61 Å². The number of rotatable bonds is 8. The molecular formula is C21H17Cl2N3O5S. The second-order valence-electron chi connectivity index (χ2n) is 6.38. The van der Waals surface area contributed by atoms with Gasteiger partial charge in [-0.15, -0.1) is 6.58 Å². The van der Waals surface area contributed by atoms with E-state index in [1.165, 1.54) is 36.7 Å². The molecule has 0 unspecified atom stereocenters. The Balaban J connectivity index is 1.92. The molecule has 0 N–H and O–H groups in total. The summed E-state index contributed by atoms with van der Waals surface area (Å²) in [6.07, 6.45) is 4.02. The van der Waals surface area contributed by atoms with E-state index >= 15 is 0 Å². The number of ether oxygens (including phenoxy) is 1. The van der Waals surface area contributed by atoms with Crippen molar-refractivity contribution in [2.24, 2.45) is 0 Å². The molecule has 0 aliphatic rings. The number of hydrogen-bond acceptors (Lipinski definition) is 6. The highest BCUT2D eigenvalue weighted by Gasteiger charge is 2.28. The van der Waals surface area contributed by atoms with Gasteiger partial charge in [-0.3, -0.25) is 4.31 Å². The Morgan fingerprint density at radius 2 is 1.94 bits per heavy atom. The molecule has 0 aliphatic heterocycles. The molecule has 11 heteroatoms. The summed E-state index contributed by atoms with van der Waals surface area (Å²) in [6, 6.07) is 11.4. The molecule has 32 heavy (non-hydrogen) atoms. The van der Waals surface area contributed by atoms with Gasteiger partial charge in [-0.05, 0) is 47.4 Å². The van der Waals surface area contributed by atoms with E-state index in [2.05, 4.69) is 11.6 Å². The fraction of sp³-hybridized carbons (Fsp3) is 0.0952. The predicted octanol–water partition coefficient (Wildman–Crippen LogP) is 3.76. The van der Waals surface area contributed by atoms with Crippen LogP contribution in [0.4, 0.5) is 5.69 Å². The molecule has 166 valence electrons. The van der Waals surface area contributed by atoms with E-state index in [0.29, 0.717) is 15.4 Å². The summed E-state index contributed by atoms with van der Waals surface area (Å²) in [5, 5.41) is 12.0. The number of esters is 1. The van der Waals surface area contributed by atoms with Crippen molar-refractivity contribution >= 4 is 44.9 Å². The van der Waals surface area contributed by atoms with Crippen LogP contribution in [0.15, 0.2) is 78.5 Å². The molecule has 8 nitrogen and oxygen atoms in total. The summed E-state index contributed by atoms with van der Waals surface area (Å²) < 4.78 is 33.4. The average molecular weight is 494 g/mol. The van der Waals surface area contributed by atoms with Gasteiger partial charge in [0, 0.05) is 11.1 Å². The molecule has 3 rings (SSSR count). The maximum absolute atomic E-state index is 13.4. The van der Waals surface area contributed by atoms with Crippen LogP contribution >= 0.6 is 23.2 Å². The number of halogens is 2. The number of nitrogens with zero attached hydrogens (tertiary/aromatic N) is 3. The first-order chi connectivity index (χ1) is 15.2. The summed E-state index contributed by atoms with van der Waals surface area (Å²) in [7, 11) is -4.18. The molecule has 0 saturated heterocycles. The van der Waals surface area contributed by atoms with Crippen LogP contribution in [0.3, 0.4) is 0 Å². The minimum Gasteiger partial charge on any atom is -0.711 e. The summed E-state index contributed by atoms with van der Waals surface area (Å²) in [6.45, 7) is 3.18. The molecule has 0 fully saturated rings. The van der Waals surface area contributed by atoms with Crippen LogP contribution in [-0.4, -0.2) is 25.9 Å². The maximum atomic E-state index is 13.4. The molecule has 0 atom stereocenters. The van der Waals surface area contributed by atoms with Crippen LogP contribution in [0.5, 0.6) is 0 Å². The molecular weight excluding hydrogens is 477 g/mol. The molecule has 0 bridgehead atoms. The Hall–Kier alpha value is -3.14. The van der Waals surface area contributed by atoms with Gasteiger partial charge in [0.05, 0.1) is 29.0 Å². The number of carbonyl (C=O) groups is 1. The van der Waals surface area contributed by atoms with Crippen molar-refractivity contribution in [3.05, 3.63) is 100 Å². The summed E-state index contributed by atoms with van der Waals surface area (Å²) in [5.74, 6) is -0.868. The Bertz CT molecular complexity index is 1250. The molecule has 0 saturated carbocycles. The van der Waals surface area contributed by atoms with E-state index in [0.717, 1.165) is 10.4 Å².